The molecule has 6 atom stereocenters. The lowest BCUT2D eigenvalue weighted by Crippen LogP contribution is -2.37. The average Bonchev–Trinajstić information content (AvgIpc) is 2.98. The summed E-state index contributed by atoms with van der Waals surface area (Å²) in [6.45, 7) is 10.4. The van der Waals surface area contributed by atoms with E-state index in [4.69, 9.17) is 29.4 Å². The summed E-state index contributed by atoms with van der Waals surface area (Å²) in [5, 5.41) is 27.9. The third kappa shape index (κ3) is 10.1. The highest BCUT2D eigenvalue weighted by atomic mass is 16.6. The number of carbonyl (C=O) groups excluding carboxylic acids is 3. The highest BCUT2D eigenvalue weighted by Crippen LogP contribution is 2.43. The molecule has 1 aliphatic rings. The van der Waals surface area contributed by atoms with Crippen molar-refractivity contribution in [2.24, 2.45) is 17.6 Å². The van der Waals surface area contributed by atoms with Crippen LogP contribution in [0.2, 0.25) is 0 Å². The summed E-state index contributed by atoms with van der Waals surface area (Å²) in [7, 11) is 4.30. The SMILES string of the molecule is C=COC(=O)Nc1cc2c(O)c(c1OC)C[C@@H](C)C[C@H](OC)[C@H](O)[C@@H](C)/C=C(\C)[C@H](OC(N)=O)[C@@H](OC)/C=C\C=C(/C)C(=O)N2. The van der Waals surface area contributed by atoms with Crippen molar-refractivity contribution in [3.63, 3.8) is 0 Å². The summed E-state index contributed by atoms with van der Waals surface area (Å²) in [6.07, 6.45) is 2.74. The second-order valence-corrected chi connectivity index (χ2v) is 10.9. The molecule has 6 N–H and O–H groups in total. The van der Waals surface area contributed by atoms with Crippen molar-refractivity contribution in [2.45, 2.75) is 65.0 Å². The lowest BCUT2D eigenvalue weighted by molar-refractivity contribution is -0.112. The van der Waals surface area contributed by atoms with E-state index in [0.29, 0.717) is 17.6 Å². The first-order chi connectivity index (χ1) is 21.3. The Morgan fingerprint density at radius 3 is 2.44 bits per heavy atom. The van der Waals surface area contributed by atoms with Gasteiger partial charge in [-0.15, -0.1) is 0 Å². The van der Waals surface area contributed by atoms with Gasteiger partial charge in [-0.2, -0.15) is 0 Å². The van der Waals surface area contributed by atoms with E-state index in [2.05, 4.69) is 17.2 Å². The number of methoxy groups -OCH3 is 3. The number of hydrogen-bond donors (Lipinski definition) is 5. The van der Waals surface area contributed by atoms with Crippen molar-refractivity contribution in [1.82, 2.24) is 0 Å². The number of phenolic OH excluding ortho intramolecular Hbond substituents is 1. The van der Waals surface area contributed by atoms with Crippen LogP contribution in [0.25, 0.3) is 0 Å². The number of nitrogens with one attached hydrogen (secondary N) is 2. The number of benzene rings is 1. The molecule has 1 aromatic carbocycles. The van der Waals surface area contributed by atoms with Gasteiger partial charge in [-0.1, -0.05) is 44.7 Å². The Morgan fingerprint density at radius 2 is 1.87 bits per heavy atom. The number of anilines is 2. The largest absolute Gasteiger partial charge is 0.505 e. The van der Waals surface area contributed by atoms with Gasteiger partial charge >= 0.3 is 12.2 Å². The molecular weight excluding hydrogens is 586 g/mol. The maximum atomic E-state index is 13.2. The maximum absolute atomic E-state index is 13.2. The minimum absolute atomic E-state index is 0.00742. The molecule has 0 aromatic heterocycles. The Morgan fingerprint density at radius 1 is 1.18 bits per heavy atom. The first-order valence-corrected chi connectivity index (χ1v) is 14.3. The molecule has 0 radical (unpaired) electrons. The van der Waals surface area contributed by atoms with E-state index in [1.165, 1.54) is 33.5 Å². The molecule has 13 nitrogen and oxygen atoms in total. The van der Waals surface area contributed by atoms with Crippen LogP contribution < -0.4 is 21.1 Å². The lowest BCUT2D eigenvalue weighted by Gasteiger charge is -2.29. The molecule has 0 saturated carbocycles. The number of amides is 3. The van der Waals surface area contributed by atoms with Crippen LogP contribution >= 0.6 is 0 Å². The first kappa shape index (κ1) is 36.9. The van der Waals surface area contributed by atoms with Crippen LogP contribution in [0.3, 0.4) is 0 Å². The van der Waals surface area contributed by atoms with Gasteiger partial charge in [0.25, 0.3) is 5.91 Å². The third-order valence-electron chi connectivity index (χ3n) is 7.43. The Balaban J connectivity index is 2.73. The number of primary amides is 1. The molecule has 1 aliphatic heterocycles. The Bertz CT molecular complexity index is 1320. The number of rotatable bonds is 6. The molecule has 45 heavy (non-hydrogen) atoms. The molecule has 1 heterocycles. The predicted molar refractivity (Wildman–Crippen MR) is 169 cm³/mol. The lowest BCUT2D eigenvalue weighted by atomic mass is 9.87. The minimum Gasteiger partial charge on any atom is -0.505 e. The van der Waals surface area contributed by atoms with E-state index in [-0.39, 0.29) is 40.8 Å². The molecule has 2 rings (SSSR count). The van der Waals surface area contributed by atoms with E-state index < -0.39 is 48.4 Å². The van der Waals surface area contributed by atoms with Gasteiger partial charge in [-0.3, -0.25) is 10.1 Å². The number of carbonyl (C=O) groups is 3. The number of fused-ring (bicyclic) bond motifs is 2. The van der Waals surface area contributed by atoms with Crippen molar-refractivity contribution in [1.29, 1.82) is 0 Å². The van der Waals surface area contributed by atoms with Gasteiger partial charge in [0.2, 0.25) is 0 Å². The number of ether oxygens (including phenoxy) is 5. The standard InChI is InChI=1S/C32H45N3O10/c1-9-44-32(40)35-23-16-22-27(37)21(29(23)43-8)13-17(2)14-25(42-7)26(36)19(4)15-20(5)28(45-31(33)39)24(41-6)12-10-11-18(3)30(38)34-22/h9-12,15-17,19,24-26,28,36-37H,1,13-14H2,2-8H3,(H2,33,39)(H,34,38)(H,35,40)/b12-10-,18-11+,20-15+/t17-,19+,24+,25+,26-,28+/m1/s1. The van der Waals surface area contributed by atoms with Crippen LogP contribution in [0.5, 0.6) is 11.5 Å². The van der Waals surface area contributed by atoms with E-state index in [1.54, 1.807) is 39.0 Å². The van der Waals surface area contributed by atoms with Gasteiger partial charge in [0.1, 0.15) is 17.6 Å². The maximum Gasteiger partial charge on any atom is 0.416 e. The molecule has 0 aliphatic carbocycles. The second-order valence-electron chi connectivity index (χ2n) is 10.9. The van der Waals surface area contributed by atoms with Crippen LogP contribution in [0.1, 0.15) is 39.7 Å². The number of aromatic hydroxyl groups is 1. The van der Waals surface area contributed by atoms with E-state index >= 15 is 0 Å². The zero-order chi connectivity index (χ0) is 33.8. The van der Waals surface area contributed by atoms with Gasteiger partial charge in [-0.05, 0) is 44.2 Å². The Labute approximate surface area is 263 Å². The van der Waals surface area contributed by atoms with Gasteiger partial charge in [0.15, 0.2) is 6.10 Å². The molecule has 1 aromatic rings. The van der Waals surface area contributed by atoms with Crippen molar-refractivity contribution in [3.05, 3.63) is 59.9 Å². The molecule has 0 fully saturated rings. The van der Waals surface area contributed by atoms with Crippen LogP contribution in [0, 0.1) is 11.8 Å². The molecule has 0 spiro atoms. The van der Waals surface area contributed by atoms with Crippen molar-refractivity contribution < 1.29 is 48.3 Å². The second kappa shape index (κ2) is 17.2. The van der Waals surface area contributed by atoms with Gasteiger partial charge in [-0.25, -0.2) is 9.59 Å². The summed E-state index contributed by atoms with van der Waals surface area (Å²) < 4.78 is 27.0. The smallest absolute Gasteiger partial charge is 0.416 e. The van der Waals surface area contributed by atoms with Crippen molar-refractivity contribution >= 4 is 29.5 Å². The number of nitrogens with two attached hydrogens (primary N) is 1. The number of aliphatic hydroxyl groups excluding tert-OH is 1. The number of aliphatic hydroxyl groups is 1. The fourth-order valence-corrected chi connectivity index (χ4v) is 5.14. The van der Waals surface area contributed by atoms with Gasteiger partial charge in [0, 0.05) is 31.3 Å². The molecule has 13 heteroatoms. The van der Waals surface area contributed by atoms with Crippen LogP contribution in [-0.2, 0) is 30.2 Å². The molecular formula is C32H45N3O10. The first-order valence-electron chi connectivity index (χ1n) is 14.3. The van der Waals surface area contributed by atoms with Crippen LogP contribution in [0.4, 0.5) is 21.0 Å². The third-order valence-corrected chi connectivity index (χ3v) is 7.43. The zero-order valence-electron chi connectivity index (χ0n) is 26.8. The van der Waals surface area contributed by atoms with E-state index in [1.807, 2.05) is 6.92 Å². The van der Waals surface area contributed by atoms with Gasteiger partial charge < -0.3 is 44.9 Å². The quantitative estimate of drug-likeness (QED) is 0.129. The van der Waals surface area contributed by atoms with Crippen LogP contribution in [0.15, 0.2) is 54.4 Å². The van der Waals surface area contributed by atoms with E-state index in [0.717, 1.165) is 6.26 Å². The van der Waals surface area contributed by atoms with Crippen molar-refractivity contribution in [3.8, 4) is 11.5 Å². The topological polar surface area (TPSA) is 188 Å². The molecule has 3 amide bonds. The highest BCUT2D eigenvalue weighted by molar-refractivity contribution is 6.05. The normalized spacial score (nSPS) is 27.9. The number of allylic oxidation sites excluding steroid dienone is 2. The number of hydrogen-bond acceptors (Lipinski definition) is 10. The summed E-state index contributed by atoms with van der Waals surface area (Å²) in [5.41, 5.74) is 6.63. The predicted octanol–water partition coefficient (Wildman–Crippen LogP) is 4.55. The Hall–Kier alpha value is -4.33. The minimum atomic E-state index is -1.01. The fraction of sp³-hybridized carbons (Fsp3) is 0.469. The van der Waals surface area contributed by atoms with Crippen molar-refractivity contribution in [2.75, 3.05) is 32.0 Å². The van der Waals surface area contributed by atoms with E-state index in [9.17, 15) is 24.6 Å². The average molecular weight is 632 g/mol. The molecule has 248 valence electrons. The summed E-state index contributed by atoms with van der Waals surface area (Å²) in [5.74, 6) is -1.32. The number of phenols is 1. The van der Waals surface area contributed by atoms with Gasteiger partial charge in [0.05, 0.1) is 37.0 Å². The zero-order valence-corrected chi connectivity index (χ0v) is 26.8. The summed E-state index contributed by atoms with van der Waals surface area (Å²) in [6, 6.07) is 1.35. The molecule has 0 unspecified atom stereocenters. The Kier molecular flexibility index (Phi) is 14.1. The monoisotopic (exact) mass is 631 g/mol. The molecule has 0 saturated heterocycles. The summed E-state index contributed by atoms with van der Waals surface area (Å²) >= 11 is 0. The summed E-state index contributed by atoms with van der Waals surface area (Å²) in [4.78, 5) is 37.2. The fourth-order valence-electron chi connectivity index (χ4n) is 5.14. The molecule has 2 bridgehead atoms. The highest BCUT2D eigenvalue weighted by Gasteiger charge is 2.30. The van der Waals surface area contributed by atoms with Crippen LogP contribution in [-0.4, -0.2) is 74.1 Å².